The Morgan fingerprint density at radius 3 is 2.37 bits per heavy atom. The fourth-order valence-corrected chi connectivity index (χ4v) is 4.01. The molecule has 0 bridgehead atoms. The monoisotopic (exact) mass is 401 g/mol. The lowest BCUT2D eigenvalue weighted by Crippen LogP contribution is -2.43. The first-order chi connectivity index (χ1) is 14.7. The van der Waals surface area contributed by atoms with Gasteiger partial charge in [0, 0.05) is 23.5 Å². The van der Waals surface area contributed by atoms with E-state index in [1.807, 2.05) is 72.8 Å². The van der Waals surface area contributed by atoms with Gasteiger partial charge in [0.25, 0.3) is 0 Å². The number of carbonyl (C=O) groups is 2. The molecule has 3 aromatic carbocycles. The Balaban J connectivity index is 1.24. The summed E-state index contributed by atoms with van der Waals surface area (Å²) in [6.45, 7) is 2.42. The lowest BCUT2D eigenvalue weighted by Gasteiger charge is -2.30. The highest BCUT2D eigenvalue weighted by atomic mass is 16.2. The van der Waals surface area contributed by atoms with Crippen molar-refractivity contribution < 1.29 is 9.59 Å². The van der Waals surface area contributed by atoms with Crippen molar-refractivity contribution in [2.75, 3.05) is 25.0 Å². The third kappa shape index (κ3) is 5.05. The van der Waals surface area contributed by atoms with Crippen molar-refractivity contribution in [3.63, 3.8) is 0 Å². The lowest BCUT2D eigenvalue weighted by atomic mass is 9.96. The summed E-state index contributed by atoms with van der Waals surface area (Å²) in [5, 5.41) is 8.23. The number of likely N-dealkylation sites (tertiary alicyclic amines) is 1. The van der Waals surface area contributed by atoms with Gasteiger partial charge in [0.2, 0.25) is 11.8 Å². The van der Waals surface area contributed by atoms with Crippen LogP contribution in [0.15, 0.2) is 72.8 Å². The molecule has 0 unspecified atom stereocenters. The number of benzene rings is 3. The largest absolute Gasteiger partial charge is 0.352 e. The van der Waals surface area contributed by atoms with Crippen LogP contribution in [0.5, 0.6) is 0 Å². The minimum absolute atomic E-state index is 0.0154. The Kier molecular flexibility index (Phi) is 6.40. The molecule has 5 heteroatoms. The summed E-state index contributed by atoms with van der Waals surface area (Å²) in [7, 11) is 0. The van der Waals surface area contributed by atoms with Crippen LogP contribution in [-0.4, -0.2) is 36.3 Å². The summed E-state index contributed by atoms with van der Waals surface area (Å²) in [5.74, 6) is 0.114. The standard InChI is InChI=1S/C25H27N3O2/c29-24(27-23-12-6-10-20-9-4-5-11-22(20)23)18-28-15-13-21(14-16-28)25(30)26-17-19-7-2-1-3-8-19/h1-12,21H,13-18H2,(H,26,30)(H,27,29). The molecule has 1 fully saturated rings. The van der Waals surface area contributed by atoms with Gasteiger partial charge < -0.3 is 10.6 Å². The van der Waals surface area contributed by atoms with E-state index in [0.717, 1.165) is 48.0 Å². The Morgan fingerprint density at radius 1 is 0.867 bits per heavy atom. The molecule has 1 aliphatic rings. The van der Waals surface area contributed by atoms with Crippen LogP contribution in [0.25, 0.3) is 10.8 Å². The predicted octanol–water partition coefficient (Wildman–Crippen LogP) is 3.81. The zero-order valence-electron chi connectivity index (χ0n) is 17.0. The van der Waals surface area contributed by atoms with E-state index in [4.69, 9.17) is 0 Å². The van der Waals surface area contributed by atoms with Crippen molar-refractivity contribution in [1.29, 1.82) is 0 Å². The first-order valence-electron chi connectivity index (χ1n) is 10.5. The number of rotatable bonds is 6. The number of carbonyl (C=O) groups excluding carboxylic acids is 2. The normalized spacial score (nSPS) is 15.1. The van der Waals surface area contributed by atoms with E-state index in [1.165, 1.54) is 0 Å². The van der Waals surface area contributed by atoms with Crippen LogP contribution >= 0.6 is 0 Å². The van der Waals surface area contributed by atoms with E-state index in [0.29, 0.717) is 13.1 Å². The Bertz CT molecular complexity index is 1010. The minimum Gasteiger partial charge on any atom is -0.352 e. The third-order valence-electron chi connectivity index (χ3n) is 5.70. The van der Waals surface area contributed by atoms with E-state index in [-0.39, 0.29) is 17.7 Å². The van der Waals surface area contributed by atoms with E-state index in [2.05, 4.69) is 15.5 Å². The fourth-order valence-electron chi connectivity index (χ4n) is 4.01. The van der Waals surface area contributed by atoms with Gasteiger partial charge >= 0.3 is 0 Å². The number of piperidine rings is 1. The number of hydrogen-bond acceptors (Lipinski definition) is 3. The molecule has 1 aliphatic heterocycles. The first-order valence-corrected chi connectivity index (χ1v) is 10.5. The van der Waals surface area contributed by atoms with Gasteiger partial charge in [-0.3, -0.25) is 14.5 Å². The third-order valence-corrected chi connectivity index (χ3v) is 5.70. The summed E-state index contributed by atoms with van der Waals surface area (Å²) < 4.78 is 0. The molecule has 30 heavy (non-hydrogen) atoms. The number of hydrogen-bond donors (Lipinski definition) is 2. The average Bonchev–Trinajstić information content (AvgIpc) is 2.79. The van der Waals surface area contributed by atoms with Gasteiger partial charge in [-0.05, 0) is 42.9 Å². The van der Waals surface area contributed by atoms with Crippen molar-refractivity contribution in [2.45, 2.75) is 19.4 Å². The number of nitrogens with zero attached hydrogens (tertiary/aromatic N) is 1. The molecule has 1 heterocycles. The smallest absolute Gasteiger partial charge is 0.238 e. The van der Waals surface area contributed by atoms with E-state index >= 15 is 0 Å². The van der Waals surface area contributed by atoms with Crippen molar-refractivity contribution in [1.82, 2.24) is 10.2 Å². The van der Waals surface area contributed by atoms with E-state index in [1.54, 1.807) is 0 Å². The van der Waals surface area contributed by atoms with Crippen LogP contribution in [0.1, 0.15) is 18.4 Å². The van der Waals surface area contributed by atoms with Crippen LogP contribution < -0.4 is 10.6 Å². The number of amides is 2. The molecular weight excluding hydrogens is 374 g/mol. The predicted molar refractivity (Wildman–Crippen MR) is 120 cm³/mol. The second-order valence-electron chi connectivity index (χ2n) is 7.83. The summed E-state index contributed by atoms with van der Waals surface area (Å²) in [6.07, 6.45) is 1.56. The highest BCUT2D eigenvalue weighted by Gasteiger charge is 2.25. The molecule has 3 aromatic rings. The quantitative estimate of drug-likeness (QED) is 0.660. The molecular formula is C25H27N3O2. The fraction of sp³-hybridized carbons (Fsp3) is 0.280. The summed E-state index contributed by atoms with van der Waals surface area (Å²) >= 11 is 0. The van der Waals surface area contributed by atoms with Gasteiger partial charge in [0.15, 0.2) is 0 Å². The van der Waals surface area contributed by atoms with Crippen molar-refractivity contribution in [2.24, 2.45) is 5.92 Å². The Hall–Kier alpha value is -3.18. The maximum absolute atomic E-state index is 12.6. The summed E-state index contributed by atoms with van der Waals surface area (Å²) in [5.41, 5.74) is 1.95. The molecule has 4 rings (SSSR count). The topological polar surface area (TPSA) is 61.4 Å². The molecule has 0 aliphatic carbocycles. The summed E-state index contributed by atoms with van der Waals surface area (Å²) in [4.78, 5) is 27.2. The molecule has 0 radical (unpaired) electrons. The molecule has 1 saturated heterocycles. The molecule has 2 N–H and O–H groups in total. The maximum Gasteiger partial charge on any atom is 0.238 e. The molecule has 0 atom stereocenters. The minimum atomic E-state index is -0.0154. The molecule has 2 amide bonds. The second kappa shape index (κ2) is 9.55. The number of fused-ring (bicyclic) bond motifs is 1. The van der Waals surface area contributed by atoms with E-state index in [9.17, 15) is 9.59 Å². The van der Waals surface area contributed by atoms with Crippen LogP contribution in [0.3, 0.4) is 0 Å². The second-order valence-corrected chi connectivity index (χ2v) is 7.83. The van der Waals surface area contributed by atoms with Crippen molar-refractivity contribution in [3.8, 4) is 0 Å². The van der Waals surface area contributed by atoms with Gasteiger partial charge in [0.1, 0.15) is 0 Å². The zero-order valence-corrected chi connectivity index (χ0v) is 17.0. The van der Waals surface area contributed by atoms with Crippen molar-refractivity contribution >= 4 is 28.3 Å². The Morgan fingerprint density at radius 2 is 1.57 bits per heavy atom. The van der Waals surface area contributed by atoms with Gasteiger partial charge in [-0.25, -0.2) is 0 Å². The van der Waals surface area contributed by atoms with Crippen LogP contribution in [-0.2, 0) is 16.1 Å². The van der Waals surface area contributed by atoms with Gasteiger partial charge in [-0.2, -0.15) is 0 Å². The van der Waals surface area contributed by atoms with Gasteiger partial charge in [-0.1, -0.05) is 66.7 Å². The van der Waals surface area contributed by atoms with Crippen LogP contribution in [0.4, 0.5) is 5.69 Å². The van der Waals surface area contributed by atoms with Gasteiger partial charge in [0.05, 0.1) is 6.54 Å². The molecule has 0 spiro atoms. The number of anilines is 1. The van der Waals surface area contributed by atoms with E-state index < -0.39 is 0 Å². The molecule has 154 valence electrons. The lowest BCUT2D eigenvalue weighted by molar-refractivity contribution is -0.126. The SMILES string of the molecule is O=C(CN1CCC(C(=O)NCc2ccccc2)CC1)Nc1cccc2ccccc12. The summed E-state index contributed by atoms with van der Waals surface area (Å²) in [6, 6.07) is 23.9. The molecule has 5 nitrogen and oxygen atoms in total. The highest BCUT2D eigenvalue weighted by Crippen LogP contribution is 2.23. The molecule has 0 saturated carbocycles. The zero-order chi connectivity index (χ0) is 20.8. The van der Waals surface area contributed by atoms with Crippen LogP contribution in [0.2, 0.25) is 0 Å². The highest BCUT2D eigenvalue weighted by molar-refractivity contribution is 6.02. The first kappa shape index (κ1) is 20.1. The van der Waals surface area contributed by atoms with Crippen molar-refractivity contribution in [3.05, 3.63) is 78.4 Å². The average molecular weight is 402 g/mol. The molecule has 0 aromatic heterocycles. The Labute approximate surface area is 177 Å². The van der Waals surface area contributed by atoms with Crippen LogP contribution in [0, 0.1) is 5.92 Å². The van der Waals surface area contributed by atoms with Gasteiger partial charge in [-0.15, -0.1) is 0 Å². The maximum atomic E-state index is 12.6. The number of nitrogens with one attached hydrogen (secondary N) is 2.